The zero-order chi connectivity index (χ0) is 20.5. The third-order valence-corrected chi connectivity index (χ3v) is 4.57. The second kappa shape index (κ2) is 10.6. The number of nitrogens with zero attached hydrogens (tertiary/aromatic N) is 1. The van der Waals surface area contributed by atoms with Gasteiger partial charge in [0.1, 0.15) is 18.1 Å². The van der Waals surface area contributed by atoms with Crippen LogP contribution in [0.1, 0.15) is 11.1 Å². The van der Waals surface area contributed by atoms with Crippen LogP contribution < -0.4 is 14.9 Å². The van der Waals surface area contributed by atoms with Crippen LogP contribution >= 0.6 is 27.5 Å². The topological polar surface area (TPSA) is 59.9 Å². The highest BCUT2D eigenvalue weighted by atomic mass is 79.9. The maximum absolute atomic E-state index is 11.8. The lowest BCUT2D eigenvalue weighted by atomic mass is 10.2. The number of hydrogen-bond donors (Lipinski definition) is 1. The molecule has 3 aromatic rings. The normalized spacial score (nSPS) is 10.7. The molecule has 0 aromatic heterocycles. The molecule has 0 spiro atoms. The first-order valence-corrected chi connectivity index (χ1v) is 9.94. The Labute approximate surface area is 182 Å². The summed E-state index contributed by atoms with van der Waals surface area (Å²) in [5.74, 6) is 0.804. The Balaban J connectivity index is 1.43. The van der Waals surface area contributed by atoms with E-state index < -0.39 is 0 Å². The monoisotopic (exact) mass is 472 g/mol. The van der Waals surface area contributed by atoms with Crippen molar-refractivity contribution in [3.63, 3.8) is 0 Å². The number of hydrazone groups is 1. The van der Waals surface area contributed by atoms with E-state index in [4.69, 9.17) is 21.1 Å². The average Bonchev–Trinajstić information content (AvgIpc) is 2.73. The Hall–Kier alpha value is -2.83. The molecule has 0 radical (unpaired) electrons. The third-order valence-electron chi connectivity index (χ3n) is 3.78. The van der Waals surface area contributed by atoms with Crippen LogP contribution in [0.3, 0.4) is 0 Å². The highest BCUT2D eigenvalue weighted by Crippen LogP contribution is 2.27. The fourth-order valence-electron chi connectivity index (χ4n) is 2.34. The molecule has 7 heteroatoms. The summed E-state index contributed by atoms with van der Waals surface area (Å²) >= 11 is 9.35. The minimum Gasteiger partial charge on any atom is -0.489 e. The number of amides is 1. The average molecular weight is 474 g/mol. The number of ether oxygens (including phenoxy) is 2. The molecule has 148 valence electrons. The van der Waals surface area contributed by atoms with Crippen LogP contribution in [-0.4, -0.2) is 18.7 Å². The summed E-state index contributed by atoms with van der Waals surface area (Å²) in [6.45, 7) is 0.317. The van der Waals surface area contributed by atoms with Crippen molar-refractivity contribution >= 4 is 39.7 Å². The van der Waals surface area contributed by atoms with Crippen LogP contribution in [0, 0.1) is 0 Å². The van der Waals surface area contributed by atoms with Crippen LogP contribution in [0.4, 0.5) is 0 Å². The van der Waals surface area contributed by atoms with Gasteiger partial charge in [0.05, 0.1) is 11.2 Å². The van der Waals surface area contributed by atoms with Crippen LogP contribution in [0.25, 0.3) is 0 Å². The van der Waals surface area contributed by atoms with E-state index in [9.17, 15) is 4.79 Å². The van der Waals surface area contributed by atoms with Crippen molar-refractivity contribution in [3.05, 3.63) is 93.4 Å². The SMILES string of the molecule is O=C(COc1ccc(Br)cc1Cl)N/N=C/c1ccc(OCc2ccccc2)cc1. The third kappa shape index (κ3) is 6.93. The first kappa shape index (κ1) is 20.9. The quantitative estimate of drug-likeness (QED) is 0.361. The summed E-state index contributed by atoms with van der Waals surface area (Å²) in [5, 5.41) is 4.35. The number of carbonyl (C=O) groups is 1. The standard InChI is InChI=1S/C22H18BrClN2O3/c23-18-8-11-21(20(24)12-18)29-15-22(27)26-25-13-16-6-9-19(10-7-16)28-14-17-4-2-1-3-5-17/h1-13H,14-15H2,(H,26,27)/b25-13+. The molecule has 0 aliphatic rings. The summed E-state index contributed by atoms with van der Waals surface area (Å²) in [7, 11) is 0. The zero-order valence-corrected chi connectivity index (χ0v) is 17.7. The van der Waals surface area contributed by atoms with Crippen LogP contribution in [-0.2, 0) is 11.4 Å². The van der Waals surface area contributed by atoms with Gasteiger partial charge in [-0.2, -0.15) is 5.10 Å². The van der Waals surface area contributed by atoms with Gasteiger partial charge in [-0.15, -0.1) is 0 Å². The van der Waals surface area contributed by atoms with Gasteiger partial charge in [0.15, 0.2) is 6.61 Å². The summed E-state index contributed by atoms with van der Waals surface area (Å²) in [6.07, 6.45) is 1.55. The van der Waals surface area contributed by atoms with Crippen molar-refractivity contribution < 1.29 is 14.3 Å². The van der Waals surface area contributed by atoms with Crippen LogP contribution in [0.5, 0.6) is 11.5 Å². The molecule has 0 atom stereocenters. The highest BCUT2D eigenvalue weighted by Gasteiger charge is 2.05. The van der Waals surface area contributed by atoms with Gasteiger partial charge in [-0.25, -0.2) is 5.43 Å². The Kier molecular flexibility index (Phi) is 7.67. The van der Waals surface area contributed by atoms with Gasteiger partial charge in [-0.05, 0) is 53.6 Å². The second-order valence-corrected chi connectivity index (χ2v) is 7.32. The fourth-order valence-corrected chi connectivity index (χ4v) is 3.07. The van der Waals surface area contributed by atoms with Crippen molar-refractivity contribution in [2.75, 3.05) is 6.61 Å². The smallest absolute Gasteiger partial charge is 0.277 e. The van der Waals surface area contributed by atoms with Gasteiger partial charge in [0.2, 0.25) is 0 Å². The molecular weight excluding hydrogens is 456 g/mol. The summed E-state index contributed by atoms with van der Waals surface area (Å²) in [5.41, 5.74) is 4.35. The molecule has 0 bridgehead atoms. The van der Waals surface area contributed by atoms with Crippen molar-refractivity contribution in [2.24, 2.45) is 5.10 Å². The Morgan fingerprint density at radius 1 is 1.03 bits per heavy atom. The molecule has 0 heterocycles. The van der Waals surface area contributed by atoms with E-state index in [-0.39, 0.29) is 12.5 Å². The van der Waals surface area contributed by atoms with E-state index in [0.29, 0.717) is 17.4 Å². The van der Waals surface area contributed by atoms with Crippen LogP contribution in [0.2, 0.25) is 5.02 Å². The molecule has 3 aromatic carbocycles. The van der Waals surface area contributed by atoms with Crippen LogP contribution in [0.15, 0.2) is 82.4 Å². The molecular formula is C22H18BrClN2O3. The largest absolute Gasteiger partial charge is 0.489 e. The first-order valence-electron chi connectivity index (χ1n) is 8.77. The van der Waals surface area contributed by atoms with Gasteiger partial charge in [-0.3, -0.25) is 4.79 Å². The number of nitrogens with one attached hydrogen (secondary N) is 1. The maximum atomic E-state index is 11.8. The van der Waals surface area contributed by atoms with E-state index in [0.717, 1.165) is 21.3 Å². The summed E-state index contributed by atoms with van der Waals surface area (Å²) in [4.78, 5) is 11.8. The molecule has 5 nitrogen and oxygen atoms in total. The number of rotatable bonds is 8. The molecule has 1 N–H and O–H groups in total. The summed E-state index contributed by atoms with van der Waals surface area (Å²) < 4.78 is 12.0. The van der Waals surface area contributed by atoms with Gasteiger partial charge in [-0.1, -0.05) is 57.9 Å². The Morgan fingerprint density at radius 3 is 2.52 bits per heavy atom. The molecule has 0 fully saturated rings. The Bertz CT molecular complexity index is 979. The number of hydrogen-bond acceptors (Lipinski definition) is 4. The van der Waals surface area contributed by atoms with Gasteiger partial charge in [0, 0.05) is 4.47 Å². The fraction of sp³-hybridized carbons (Fsp3) is 0.0909. The van der Waals surface area contributed by atoms with E-state index in [1.807, 2.05) is 54.6 Å². The molecule has 0 unspecified atom stereocenters. The molecule has 1 amide bonds. The Morgan fingerprint density at radius 2 is 1.79 bits per heavy atom. The molecule has 0 saturated carbocycles. The lowest BCUT2D eigenvalue weighted by Gasteiger charge is -2.07. The van der Waals surface area contributed by atoms with Crippen molar-refractivity contribution in [1.82, 2.24) is 5.43 Å². The number of carbonyl (C=O) groups excluding carboxylic acids is 1. The molecule has 0 saturated heterocycles. The lowest BCUT2D eigenvalue weighted by molar-refractivity contribution is -0.123. The minimum atomic E-state index is -0.386. The van der Waals surface area contributed by atoms with Crippen molar-refractivity contribution in [2.45, 2.75) is 6.61 Å². The van der Waals surface area contributed by atoms with E-state index in [1.54, 1.807) is 24.4 Å². The van der Waals surface area contributed by atoms with Crippen molar-refractivity contribution in [3.8, 4) is 11.5 Å². The highest BCUT2D eigenvalue weighted by molar-refractivity contribution is 9.10. The van der Waals surface area contributed by atoms with Crippen molar-refractivity contribution in [1.29, 1.82) is 0 Å². The molecule has 0 aliphatic heterocycles. The maximum Gasteiger partial charge on any atom is 0.277 e. The first-order chi connectivity index (χ1) is 14.1. The van der Waals surface area contributed by atoms with E-state index >= 15 is 0 Å². The molecule has 0 aliphatic carbocycles. The zero-order valence-electron chi connectivity index (χ0n) is 15.3. The molecule has 3 rings (SSSR count). The number of benzene rings is 3. The van der Waals surface area contributed by atoms with E-state index in [1.165, 1.54) is 0 Å². The van der Waals surface area contributed by atoms with E-state index in [2.05, 4.69) is 26.5 Å². The van der Waals surface area contributed by atoms with Gasteiger partial charge < -0.3 is 9.47 Å². The second-order valence-electron chi connectivity index (χ2n) is 6.00. The van der Waals surface area contributed by atoms with Gasteiger partial charge in [0.25, 0.3) is 5.91 Å². The van der Waals surface area contributed by atoms with Gasteiger partial charge >= 0.3 is 0 Å². The predicted molar refractivity (Wildman–Crippen MR) is 118 cm³/mol. The molecule has 29 heavy (non-hydrogen) atoms. The lowest BCUT2D eigenvalue weighted by Crippen LogP contribution is -2.24. The number of halogens is 2. The minimum absolute atomic E-state index is 0.190. The predicted octanol–water partition coefficient (Wildman–Crippen LogP) is 5.21. The summed E-state index contributed by atoms with van der Waals surface area (Å²) in [6, 6.07) is 22.5.